The largest absolute Gasteiger partial charge is 0.378 e. The lowest BCUT2D eigenvalue weighted by Gasteiger charge is -2.32. The second-order valence-electron chi connectivity index (χ2n) is 9.08. The Morgan fingerprint density at radius 1 is 1.23 bits per heavy atom. The quantitative estimate of drug-likeness (QED) is 0.537. The maximum atomic E-state index is 13.9. The monoisotopic (exact) mass is 488 g/mol. The van der Waals surface area contributed by atoms with E-state index in [1.807, 2.05) is 30.0 Å². The molecule has 0 unspecified atom stereocenters. The first-order chi connectivity index (χ1) is 17.0. The van der Waals surface area contributed by atoms with Crippen molar-refractivity contribution in [3.8, 4) is 0 Å². The number of amides is 1. The number of halogens is 2. The molecule has 2 aromatic rings. The number of nitrogens with zero attached hydrogens (tertiary/aromatic N) is 3. The van der Waals surface area contributed by atoms with Crippen LogP contribution < -0.4 is 15.1 Å². The summed E-state index contributed by atoms with van der Waals surface area (Å²) < 4.78 is 35.7. The summed E-state index contributed by atoms with van der Waals surface area (Å²) in [4.78, 5) is 22.5. The fourth-order valence-electron chi connectivity index (χ4n) is 4.60. The van der Waals surface area contributed by atoms with Crippen LogP contribution in [0, 0.1) is 5.92 Å². The first kappa shape index (κ1) is 25.3. The van der Waals surface area contributed by atoms with Crippen LogP contribution in [-0.2, 0) is 20.8 Å². The fourth-order valence-corrected chi connectivity index (χ4v) is 4.60. The van der Waals surface area contributed by atoms with Crippen LogP contribution in [-0.4, -0.2) is 56.3 Å². The highest BCUT2D eigenvalue weighted by Crippen LogP contribution is 2.39. The van der Waals surface area contributed by atoms with Crippen molar-refractivity contribution in [1.29, 1.82) is 0 Å². The predicted octanol–water partition coefficient (Wildman–Crippen LogP) is 4.99. The Labute approximate surface area is 205 Å². The molecule has 7 nitrogen and oxygen atoms in total. The Morgan fingerprint density at radius 3 is 2.77 bits per heavy atom. The van der Waals surface area contributed by atoms with Crippen LogP contribution in [0.3, 0.4) is 0 Å². The summed E-state index contributed by atoms with van der Waals surface area (Å²) in [6.45, 7) is 6.55. The number of morpholine rings is 1. The number of carbonyl (C=O) groups is 1. The molecule has 2 atom stereocenters. The van der Waals surface area contributed by atoms with Crippen molar-refractivity contribution >= 4 is 28.8 Å². The number of hydrogen-bond donors (Lipinski definition) is 1. The van der Waals surface area contributed by atoms with Gasteiger partial charge in [0.15, 0.2) is 0 Å². The third-order valence-electron chi connectivity index (χ3n) is 6.66. The van der Waals surface area contributed by atoms with Crippen LogP contribution in [0.5, 0.6) is 0 Å². The number of anilines is 4. The average Bonchev–Trinajstić information content (AvgIpc) is 3.04. The zero-order valence-electron chi connectivity index (χ0n) is 20.4. The van der Waals surface area contributed by atoms with Gasteiger partial charge in [0.25, 0.3) is 6.43 Å². The molecule has 1 aromatic heterocycles. The number of alkyl halides is 2. The Morgan fingerprint density at radius 2 is 2.03 bits per heavy atom. The molecule has 2 aliphatic heterocycles. The van der Waals surface area contributed by atoms with E-state index in [4.69, 9.17) is 9.47 Å². The Hall–Kier alpha value is -2.78. The highest BCUT2D eigenvalue weighted by Gasteiger charge is 2.30. The summed E-state index contributed by atoms with van der Waals surface area (Å²) in [5.74, 6) is 0.517. The summed E-state index contributed by atoms with van der Waals surface area (Å²) in [7, 11) is 0. The first-order valence-corrected chi connectivity index (χ1v) is 12.3. The second-order valence-corrected chi connectivity index (χ2v) is 9.08. The number of nitrogens with one attached hydrogen (secondary N) is 1. The zero-order chi connectivity index (χ0) is 24.8. The topological polar surface area (TPSA) is 66.9 Å². The van der Waals surface area contributed by atoms with Crippen molar-refractivity contribution in [2.45, 2.75) is 52.2 Å². The molecule has 1 N–H and O–H groups in total. The summed E-state index contributed by atoms with van der Waals surface area (Å²) in [6, 6.07) is 9.99. The zero-order valence-corrected chi connectivity index (χ0v) is 20.4. The van der Waals surface area contributed by atoms with E-state index in [-0.39, 0.29) is 17.9 Å². The van der Waals surface area contributed by atoms with Crippen LogP contribution in [0.1, 0.15) is 38.7 Å². The molecule has 0 spiro atoms. The maximum Gasteiger partial charge on any atom is 0.261 e. The van der Waals surface area contributed by atoms with E-state index in [1.54, 1.807) is 13.1 Å². The van der Waals surface area contributed by atoms with Crippen molar-refractivity contribution in [2.24, 2.45) is 5.92 Å². The lowest BCUT2D eigenvalue weighted by atomic mass is 9.96. The lowest BCUT2D eigenvalue weighted by molar-refractivity contribution is -0.123. The average molecular weight is 489 g/mol. The minimum absolute atomic E-state index is 0.0208. The first-order valence-electron chi connectivity index (χ1n) is 12.3. The standard InChI is InChI=1S/C26H34F2N4O3/c1-3-19(7-6-18(2)35-17-24(27)28)26(33)32-16-20-5-4-10-29-25(20)30-22-9-8-21(15-23(22)32)31-11-13-34-14-12-31/h4-5,8-10,15,18-19,24H,3,6-7,11-14,16-17H2,1-2H3,(H,29,30)/t18-,19-/m0/s1. The molecule has 35 heavy (non-hydrogen) atoms. The molecule has 1 saturated heterocycles. The van der Waals surface area contributed by atoms with Crippen molar-refractivity contribution in [1.82, 2.24) is 4.98 Å². The molecule has 1 fully saturated rings. The smallest absolute Gasteiger partial charge is 0.261 e. The number of pyridine rings is 1. The maximum absolute atomic E-state index is 13.9. The van der Waals surface area contributed by atoms with Crippen molar-refractivity contribution < 1.29 is 23.0 Å². The molecule has 0 radical (unpaired) electrons. The third kappa shape index (κ3) is 6.27. The number of aromatic nitrogens is 1. The third-order valence-corrected chi connectivity index (χ3v) is 6.66. The van der Waals surface area contributed by atoms with Crippen LogP contribution in [0.15, 0.2) is 36.5 Å². The molecule has 9 heteroatoms. The molecule has 1 amide bonds. The van der Waals surface area contributed by atoms with Gasteiger partial charge in [0.2, 0.25) is 5.91 Å². The van der Waals surface area contributed by atoms with Gasteiger partial charge in [-0.2, -0.15) is 0 Å². The number of carbonyl (C=O) groups excluding carboxylic acids is 1. The summed E-state index contributed by atoms with van der Waals surface area (Å²) >= 11 is 0. The van der Waals surface area contributed by atoms with E-state index >= 15 is 0 Å². The number of benzene rings is 1. The number of fused-ring (bicyclic) bond motifs is 2. The van der Waals surface area contributed by atoms with Crippen LogP contribution >= 0.6 is 0 Å². The van der Waals surface area contributed by atoms with Gasteiger partial charge in [-0.1, -0.05) is 13.0 Å². The van der Waals surface area contributed by atoms with Gasteiger partial charge in [0.1, 0.15) is 12.4 Å². The van der Waals surface area contributed by atoms with E-state index in [1.165, 1.54) is 0 Å². The molecule has 2 aliphatic rings. The van der Waals surface area contributed by atoms with Crippen molar-refractivity contribution in [3.05, 3.63) is 42.1 Å². The van der Waals surface area contributed by atoms with Gasteiger partial charge in [-0.3, -0.25) is 4.79 Å². The van der Waals surface area contributed by atoms with Gasteiger partial charge in [-0.15, -0.1) is 0 Å². The number of hydrogen-bond acceptors (Lipinski definition) is 6. The Bertz CT molecular complexity index is 1000. The minimum atomic E-state index is -2.49. The molecular weight excluding hydrogens is 454 g/mol. The van der Waals surface area contributed by atoms with Crippen LogP contribution in [0.4, 0.5) is 31.7 Å². The number of ether oxygens (including phenoxy) is 2. The van der Waals surface area contributed by atoms with E-state index in [2.05, 4.69) is 27.3 Å². The summed E-state index contributed by atoms with van der Waals surface area (Å²) in [6.07, 6.45) is 0.686. The molecule has 1 aromatic carbocycles. The Kier molecular flexibility index (Phi) is 8.51. The summed E-state index contributed by atoms with van der Waals surface area (Å²) in [5.41, 5.74) is 3.63. The van der Waals surface area contributed by atoms with Crippen LogP contribution in [0.25, 0.3) is 0 Å². The van der Waals surface area contributed by atoms with E-state index in [0.29, 0.717) is 39.0 Å². The summed E-state index contributed by atoms with van der Waals surface area (Å²) in [5, 5.41) is 3.41. The Balaban J connectivity index is 1.59. The number of rotatable bonds is 9. The molecule has 0 saturated carbocycles. The van der Waals surface area contributed by atoms with Crippen LogP contribution in [0.2, 0.25) is 0 Å². The van der Waals surface area contributed by atoms with Gasteiger partial charge in [-0.25, -0.2) is 13.8 Å². The van der Waals surface area contributed by atoms with Crippen molar-refractivity contribution in [3.63, 3.8) is 0 Å². The molecule has 0 aliphatic carbocycles. The van der Waals surface area contributed by atoms with Gasteiger partial charge in [0, 0.05) is 36.5 Å². The normalized spacial score (nSPS) is 17.3. The van der Waals surface area contributed by atoms with E-state index < -0.39 is 13.0 Å². The van der Waals surface area contributed by atoms with E-state index in [0.717, 1.165) is 41.5 Å². The van der Waals surface area contributed by atoms with Gasteiger partial charge < -0.3 is 24.6 Å². The second kappa shape index (κ2) is 11.8. The SMILES string of the molecule is CC[C@@H](CC[C@H](C)OCC(F)F)C(=O)N1Cc2cccnc2Nc2ccc(N3CCOCC3)cc21. The van der Waals surface area contributed by atoms with Gasteiger partial charge >= 0.3 is 0 Å². The molecule has 3 heterocycles. The fraction of sp³-hybridized carbons (Fsp3) is 0.538. The van der Waals surface area contributed by atoms with E-state index in [9.17, 15) is 13.6 Å². The van der Waals surface area contributed by atoms with Crippen molar-refractivity contribution in [2.75, 3.05) is 48.0 Å². The van der Waals surface area contributed by atoms with Gasteiger partial charge in [-0.05, 0) is 50.5 Å². The predicted molar refractivity (Wildman–Crippen MR) is 133 cm³/mol. The minimum Gasteiger partial charge on any atom is -0.378 e. The molecular formula is C26H34F2N4O3. The molecule has 190 valence electrons. The molecule has 0 bridgehead atoms. The molecule has 4 rings (SSSR count). The van der Waals surface area contributed by atoms with Gasteiger partial charge in [0.05, 0.1) is 37.2 Å². The highest BCUT2D eigenvalue weighted by molar-refractivity contribution is 6.00. The highest BCUT2D eigenvalue weighted by atomic mass is 19.3. The lowest BCUT2D eigenvalue weighted by Crippen LogP contribution is -2.37.